The van der Waals surface area contributed by atoms with Crippen molar-refractivity contribution < 1.29 is 9.90 Å². The summed E-state index contributed by atoms with van der Waals surface area (Å²) >= 11 is 5.54. The number of benzene rings is 1. The molecule has 1 heterocycles. The average molecular weight is 236 g/mol. The Kier molecular flexibility index (Phi) is 2.97. The van der Waals surface area contributed by atoms with E-state index in [1.807, 2.05) is 30.4 Å². The Morgan fingerprint density at radius 3 is 2.94 bits per heavy atom. The number of fused-ring (bicyclic) bond motifs is 1. The molecule has 0 radical (unpaired) electrons. The summed E-state index contributed by atoms with van der Waals surface area (Å²) in [5, 5.41) is 9.72. The van der Waals surface area contributed by atoms with Crippen molar-refractivity contribution in [3.8, 4) is 0 Å². The Morgan fingerprint density at radius 1 is 1.44 bits per heavy atom. The maximum Gasteiger partial charge on any atom is 0.352 e. The van der Waals surface area contributed by atoms with E-state index in [4.69, 9.17) is 16.7 Å². The third-order valence-corrected chi connectivity index (χ3v) is 2.45. The first-order valence-corrected chi connectivity index (χ1v) is 5.33. The highest BCUT2D eigenvalue weighted by molar-refractivity contribution is 6.19. The number of halogens is 1. The van der Waals surface area contributed by atoms with E-state index in [0.29, 0.717) is 5.88 Å². The van der Waals surface area contributed by atoms with Gasteiger partial charge in [0.15, 0.2) is 0 Å². The normalized spacial score (nSPS) is 11.3. The molecule has 0 aliphatic carbocycles. The SMILES string of the molecule is O=C(O)c1cc2cc(C=CCCl)ccc2[nH]1. The number of rotatable bonds is 3. The van der Waals surface area contributed by atoms with Crippen LogP contribution >= 0.6 is 11.6 Å². The number of aromatic carboxylic acids is 1. The van der Waals surface area contributed by atoms with Crippen molar-refractivity contribution in [2.75, 3.05) is 5.88 Å². The van der Waals surface area contributed by atoms with Crippen LogP contribution in [0.3, 0.4) is 0 Å². The van der Waals surface area contributed by atoms with Crippen molar-refractivity contribution >= 4 is 34.5 Å². The molecule has 0 saturated carbocycles. The van der Waals surface area contributed by atoms with Crippen LogP contribution in [-0.2, 0) is 0 Å². The maximum absolute atomic E-state index is 10.8. The quantitative estimate of drug-likeness (QED) is 0.803. The minimum atomic E-state index is -0.950. The van der Waals surface area contributed by atoms with Gasteiger partial charge in [0.05, 0.1) is 0 Å². The van der Waals surface area contributed by atoms with Gasteiger partial charge in [-0.15, -0.1) is 11.6 Å². The molecule has 0 bridgehead atoms. The van der Waals surface area contributed by atoms with Crippen LogP contribution in [0.2, 0.25) is 0 Å². The number of H-pyrrole nitrogens is 1. The van der Waals surface area contributed by atoms with E-state index >= 15 is 0 Å². The van der Waals surface area contributed by atoms with Gasteiger partial charge in [-0.3, -0.25) is 0 Å². The molecule has 0 atom stereocenters. The molecule has 0 fully saturated rings. The van der Waals surface area contributed by atoms with Crippen molar-refractivity contribution in [1.29, 1.82) is 0 Å². The average Bonchev–Trinajstić information content (AvgIpc) is 2.69. The second-order valence-corrected chi connectivity index (χ2v) is 3.70. The first kappa shape index (κ1) is 10.8. The summed E-state index contributed by atoms with van der Waals surface area (Å²) in [5.74, 6) is -0.486. The Balaban J connectivity index is 2.45. The highest BCUT2D eigenvalue weighted by Gasteiger charge is 2.06. The number of aromatic amines is 1. The van der Waals surface area contributed by atoms with Gasteiger partial charge in [-0.05, 0) is 23.8 Å². The zero-order chi connectivity index (χ0) is 11.5. The summed E-state index contributed by atoms with van der Waals surface area (Å²) in [4.78, 5) is 13.6. The molecular formula is C12H10ClNO2. The Bertz CT molecular complexity index is 557. The molecule has 2 aromatic rings. The number of allylic oxidation sites excluding steroid dienone is 1. The topological polar surface area (TPSA) is 53.1 Å². The van der Waals surface area contributed by atoms with Crippen molar-refractivity contribution in [2.45, 2.75) is 0 Å². The highest BCUT2D eigenvalue weighted by Crippen LogP contribution is 2.18. The molecule has 0 unspecified atom stereocenters. The summed E-state index contributed by atoms with van der Waals surface area (Å²) in [6.07, 6.45) is 3.74. The summed E-state index contributed by atoms with van der Waals surface area (Å²) in [5.41, 5.74) is 2.03. The van der Waals surface area contributed by atoms with E-state index in [9.17, 15) is 4.79 Å². The number of carbonyl (C=O) groups is 1. The van der Waals surface area contributed by atoms with Gasteiger partial charge in [-0.2, -0.15) is 0 Å². The fourth-order valence-corrected chi connectivity index (χ4v) is 1.64. The first-order chi connectivity index (χ1) is 7.70. The molecule has 0 saturated heterocycles. The van der Waals surface area contributed by atoms with E-state index in [0.717, 1.165) is 16.5 Å². The number of hydrogen-bond donors (Lipinski definition) is 2. The lowest BCUT2D eigenvalue weighted by atomic mass is 10.1. The highest BCUT2D eigenvalue weighted by atomic mass is 35.5. The molecule has 0 amide bonds. The van der Waals surface area contributed by atoms with Gasteiger partial charge in [0.25, 0.3) is 0 Å². The Morgan fingerprint density at radius 2 is 2.25 bits per heavy atom. The van der Waals surface area contributed by atoms with E-state index in [1.54, 1.807) is 6.07 Å². The Hall–Kier alpha value is -1.74. The largest absolute Gasteiger partial charge is 0.477 e. The van der Waals surface area contributed by atoms with Gasteiger partial charge in [0, 0.05) is 16.8 Å². The minimum Gasteiger partial charge on any atom is -0.477 e. The van der Waals surface area contributed by atoms with Gasteiger partial charge in [-0.25, -0.2) is 4.79 Å². The van der Waals surface area contributed by atoms with Gasteiger partial charge in [-0.1, -0.05) is 18.2 Å². The predicted molar refractivity (Wildman–Crippen MR) is 65.0 cm³/mol. The van der Waals surface area contributed by atoms with Crippen LogP contribution in [-0.4, -0.2) is 21.9 Å². The molecule has 4 heteroatoms. The summed E-state index contributed by atoms with van der Waals surface area (Å²) in [6.45, 7) is 0. The smallest absolute Gasteiger partial charge is 0.352 e. The lowest BCUT2D eigenvalue weighted by molar-refractivity contribution is 0.0691. The molecule has 2 rings (SSSR count). The van der Waals surface area contributed by atoms with Crippen LogP contribution in [0.15, 0.2) is 30.3 Å². The van der Waals surface area contributed by atoms with Crippen molar-refractivity contribution in [2.24, 2.45) is 0 Å². The standard InChI is InChI=1S/C12H10ClNO2/c13-5-1-2-8-3-4-10-9(6-8)7-11(14-10)12(15)16/h1-4,6-7,14H,5H2,(H,15,16). The van der Waals surface area contributed by atoms with Gasteiger partial charge in [0.2, 0.25) is 0 Å². The fourth-order valence-electron chi connectivity index (χ4n) is 1.55. The molecule has 0 spiro atoms. The molecule has 0 aliphatic rings. The molecule has 16 heavy (non-hydrogen) atoms. The van der Waals surface area contributed by atoms with Crippen molar-refractivity contribution in [3.05, 3.63) is 41.6 Å². The van der Waals surface area contributed by atoms with Crippen molar-refractivity contribution in [1.82, 2.24) is 4.98 Å². The van der Waals surface area contributed by atoms with E-state index in [2.05, 4.69) is 4.98 Å². The third-order valence-electron chi connectivity index (χ3n) is 2.27. The van der Waals surface area contributed by atoms with Gasteiger partial charge in [0.1, 0.15) is 5.69 Å². The van der Waals surface area contributed by atoms with Gasteiger partial charge >= 0.3 is 5.97 Å². The lowest BCUT2D eigenvalue weighted by Crippen LogP contribution is -1.94. The molecule has 3 nitrogen and oxygen atoms in total. The van der Waals surface area contributed by atoms with Crippen LogP contribution in [0.5, 0.6) is 0 Å². The second kappa shape index (κ2) is 4.41. The third kappa shape index (κ3) is 2.09. The summed E-state index contributed by atoms with van der Waals surface area (Å²) in [7, 11) is 0. The van der Waals surface area contributed by atoms with Crippen LogP contribution in [0.25, 0.3) is 17.0 Å². The predicted octanol–water partition coefficient (Wildman–Crippen LogP) is 3.12. The zero-order valence-electron chi connectivity index (χ0n) is 8.40. The number of hydrogen-bond acceptors (Lipinski definition) is 1. The number of alkyl halides is 1. The van der Waals surface area contributed by atoms with E-state index in [1.165, 1.54) is 0 Å². The van der Waals surface area contributed by atoms with Gasteiger partial charge < -0.3 is 10.1 Å². The lowest BCUT2D eigenvalue weighted by Gasteiger charge is -1.93. The molecule has 82 valence electrons. The summed E-state index contributed by atoms with van der Waals surface area (Å²) < 4.78 is 0. The monoisotopic (exact) mass is 235 g/mol. The summed E-state index contributed by atoms with van der Waals surface area (Å²) in [6, 6.07) is 7.31. The Labute approximate surface area is 97.4 Å². The van der Waals surface area contributed by atoms with Crippen LogP contribution in [0, 0.1) is 0 Å². The molecule has 1 aromatic carbocycles. The number of nitrogens with one attached hydrogen (secondary N) is 1. The molecule has 2 N–H and O–H groups in total. The zero-order valence-corrected chi connectivity index (χ0v) is 9.16. The maximum atomic E-state index is 10.8. The van der Waals surface area contributed by atoms with Crippen molar-refractivity contribution in [3.63, 3.8) is 0 Å². The first-order valence-electron chi connectivity index (χ1n) is 4.79. The molecular weight excluding hydrogens is 226 g/mol. The van der Waals surface area contributed by atoms with Crippen LogP contribution in [0.4, 0.5) is 0 Å². The minimum absolute atomic E-state index is 0.202. The second-order valence-electron chi connectivity index (χ2n) is 3.39. The number of aromatic nitrogens is 1. The number of carboxylic acid groups (broad SMARTS) is 1. The fraction of sp³-hybridized carbons (Fsp3) is 0.0833. The van der Waals surface area contributed by atoms with Crippen LogP contribution in [0.1, 0.15) is 16.1 Å². The molecule has 0 aliphatic heterocycles. The van der Waals surface area contributed by atoms with Crippen LogP contribution < -0.4 is 0 Å². The molecule has 1 aromatic heterocycles. The number of carboxylic acids is 1. The van der Waals surface area contributed by atoms with E-state index in [-0.39, 0.29) is 5.69 Å². The van der Waals surface area contributed by atoms with E-state index < -0.39 is 5.97 Å².